The van der Waals surface area contributed by atoms with Gasteiger partial charge in [-0.05, 0) is 25.7 Å². The Bertz CT molecular complexity index is 1140. The first-order chi connectivity index (χ1) is 25.4. The molecule has 3 aliphatic heterocycles. The first-order valence-corrected chi connectivity index (χ1v) is 20.7. The second-order valence-electron chi connectivity index (χ2n) is 13.0. The third-order valence-corrected chi connectivity index (χ3v) is 10.8. The fourth-order valence-corrected chi connectivity index (χ4v) is 7.95. The molecule has 3 rings (SSSR count). The number of phosphoric acid groups is 1. The van der Waals surface area contributed by atoms with Gasteiger partial charge in [0.15, 0.2) is 6.29 Å². The van der Waals surface area contributed by atoms with Crippen molar-refractivity contribution in [2.45, 2.75) is 112 Å². The molecule has 0 aromatic carbocycles. The summed E-state index contributed by atoms with van der Waals surface area (Å²) in [5.41, 5.74) is 0. The number of aliphatic hydroxyl groups is 4. The van der Waals surface area contributed by atoms with Gasteiger partial charge >= 0.3 is 13.9 Å². The van der Waals surface area contributed by atoms with Crippen LogP contribution in [0.1, 0.15) is 57.8 Å². The van der Waals surface area contributed by atoms with Gasteiger partial charge in [0.1, 0.15) is 42.1 Å². The molecule has 19 nitrogen and oxygen atoms in total. The second-order valence-corrected chi connectivity index (χ2v) is 15.5. The van der Waals surface area contributed by atoms with Crippen LogP contribution in [0.4, 0.5) is 4.79 Å². The Hall–Kier alpha value is -1.33. The van der Waals surface area contributed by atoms with Crippen LogP contribution in [0.15, 0.2) is 0 Å². The highest BCUT2D eigenvalue weighted by atomic mass is 32.2. The molecular formula is C32H57N2O17PS. The van der Waals surface area contributed by atoms with Gasteiger partial charge in [0, 0.05) is 49.9 Å². The van der Waals surface area contributed by atoms with Crippen LogP contribution in [0.2, 0.25) is 0 Å². The number of hydrogen-bond donors (Lipinski definition) is 8. The maximum atomic E-state index is 12.1. The topological polar surface area (TPSA) is 278 Å². The van der Waals surface area contributed by atoms with Crippen LogP contribution in [-0.2, 0) is 47.1 Å². The molecule has 3 saturated heterocycles. The fraction of sp³-hybridized carbons (Fsp3) is 0.906. The first-order valence-electron chi connectivity index (χ1n) is 18.1. The van der Waals surface area contributed by atoms with Gasteiger partial charge in [-0.15, -0.1) is 0 Å². The van der Waals surface area contributed by atoms with Crippen molar-refractivity contribution in [1.82, 2.24) is 10.6 Å². The van der Waals surface area contributed by atoms with Crippen LogP contribution in [-0.4, -0.2) is 174 Å². The van der Waals surface area contributed by atoms with Crippen LogP contribution < -0.4 is 10.6 Å². The summed E-state index contributed by atoms with van der Waals surface area (Å²) in [7, 11) is -5.11. The number of hydrogen-bond acceptors (Lipinski definition) is 16. The highest BCUT2D eigenvalue weighted by Gasteiger charge is 2.49. The smallest absolute Gasteiger partial charge is 0.388 e. The zero-order valence-corrected chi connectivity index (χ0v) is 31.6. The van der Waals surface area contributed by atoms with Crippen LogP contribution in [0.25, 0.3) is 0 Å². The number of phosphoric ester groups is 1. The van der Waals surface area contributed by atoms with Gasteiger partial charge in [0.05, 0.1) is 64.9 Å². The van der Waals surface area contributed by atoms with Gasteiger partial charge in [-0.1, -0.05) is 6.42 Å². The highest BCUT2D eigenvalue weighted by Crippen LogP contribution is 2.41. The number of aliphatic hydroxyl groups excluding tert-OH is 4. The molecule has 0 aliphatic carbocycles. The molecule has 3 fully saturated rings. The molecule has 308 valence electrons. The van der Waals surface area contributed by atoms with E-state index in [1.54, 1.807) is 0 Å². The van der Waals surface area contributed by atoms with E-state index in [2.05, 4.69) is 15.2 Å². The quantitative estimate of drug-likeness (QED) is 0.0250. The molecule has 21 heteroatoms. The van der Waals surface area contributed by atoms with Gasteiger partial charge in [-0.3, -0.25) is 14.1 Å². The monoisotopic (exact) mass is 804 g/mol. The van der Waals surface area contributed by atoms with Crippen molar-refractivity contribution in [2.75, 3.05) is 71.8 Å². The Morgan fingerprint density at radius 2 is 1.32 bits per heavy atom. The molecule has 0 radical (unpaired) electrons. The summed E-state index contributed by atoms with van der Waals surface area (Å²) in [4.78, 5) is 53.5. The molecule has 5 unspecified atom stereocenters. The van der Waals surface area contributed by atoms with E-state index in [9.17, 15) is 39.4 Å². The SMILES string of the molecule is O=C(CCCCC1SCC2NC(=O)NC21)CCCOCCOCCOCCOCCC(=O)CCCOC[C@@H](O)C1O[C@@H](OP(=O)(O)O)C(O)[C@@H](O)[C@@H]1O. The minimum absolute atomic E-state index is 0.0546. The normalized spacial score (nSPS) is 27.7. The summed E-state index contributed by atoms with van der Waals surface area (Å²) < 4.78 is 47.5. The van der Waals surface area contributed by atoms with Crippen molar-refractivity contribution < 1.29 is 82.1 Å². The lowest BCUT2D eigenvalue weighted by Crippen LogP contribution is -2.61. The molecule has 2 amide bonds. The maximum Gasteiger partial charge on any atom is 0.472 e. The molecular weight excluding hydrogens is 747 g/mol. The number of ether oxygens (including phenoxy) is 6. The number of urea groups is 1. The predicted molar refractivity (Wildman–Crippen MR) is 187 cm³/mol. The van der Waals surface area contributed by atoms with Gasteiger partial charge in [0.25, 0.3) is 0 Å². The Labute approximate surface area is 313 Å². The van der Waals surface area contributed by atoms with Crippen molar-refractivity contribution in [2.24, 2.45) is 0 Å². The number of carbonyl (C=O) groups excluding carboxylic acids is 3. The van der Waals surface area contributed by atoms with Gasteiger partial charge < -0.3 is 69.3 Å². The summed E-state index contributed by atoms with van der Waals surface area (Å²) in [5, 5.41) is 46.5. The molecule has 0 aromatic rings. The van der Waals surface area contributed by atoms with E-state index in [4.69, 9.17) is 38.2 Å². The largest absolute Gasteiger partial charge is 0.472 e. The van der Waals surface area contributed by atoms with Crippen molar-refractivity contribution in [3.63, 3.8) is 0 Å². The van der Waals surface area contributed by atoms with Crippen LogP contribution in [0, 0.1) is 0 Å². The summed E-state index contributed by atoms with van der Waals surface area (Å²) >= 11 is 1.89. The second kappa shape index (κ2) is 25.0. The lowest BCUT2D eigenvalue weighted by molar-refractivity contribution is -0.293. The van der Waals surface area contributed by atoms with Crippen LogP contribution >= 0.6 is 19.6 Å². The van der Waals surface area contributed by atoms with E-state index in [-0.39, 0.29) is 55.7 Å². The molecule has 8 N–H and O–H groups in total. The summed E-state index contributed by atoms with van der Waals surface area (Å²) in [6.07, 6.45) is -5.40. The average molecular weight is 805 g/mol. The Morgan fingerprint density at radius 3 is 1.96 bits per heavy atom. The third-order valence-electron chi connectivity index (χ3n) is 8.78. The van der Waals surface area contributed by atoms with E-state index in [0.29, 0.717) is 77.2 Å². The molecule has 3 heterocycles. The molecule has 0 spiro atoms. The molecule has 9 atom stereocenters. The molecule has 0 bridgehead atoms. The minimum Gasteiger partial charge on any atom is -0.388 e. The van der Waals surface area contributed by atoms with Gasteiger partial charge in [0.2, 0.25) is 0 Å². The zero-order valence-electron chi connectivity index (χ0n) is 29.9. The molecule has 0 aromatic heterocycles. The Balaban J connectivity index is 1.03. The zero-order chi connectivity index (χ0) is 38.6. The third kappa shape index (κ3) is 18.0. The number of unbranched alkanes of at least 4 members (excludes halogenated alkanes) is 1. The summed E-state index contributed by atoms with van der Waals surface area (Å²) in [6.45, 7) is 2.71. The number of Topliss-reactive ketones (excluding diaryl/α,β-unsaturated/α-hetero) is 2. The first kappa shape index (κ1) is 46.1. The standard InChI is InChI=1S/C32H57N2O17PS/c35-21(5-1-2-8-25-26-23(20-53-25)33-32(41)34-26)6-3-10-45-13-15-47-17-18-48-16-14-46-12-9-22(36)7-4-11-49-19-24(37)30-28(39)27(38)29(40)31(50-30)51-52(42,43)44/h23-31,37-40H,1-20H2,(H2,33,34,41)(H2,42,43,44)/t23?,24-,25?,26?,27+,28+,29?,30?,31+/m1/s1. The number of rotatable bonds is 30. The van der Waals surface area contributed by atoms with Gasteiger partial charge in [-0.2, -0.15) is 11.8 Å². The van der Waals surface area contributed by atoms with E-state index in [1.807, 2.05) is 11.8 Å². The minimum atomic E-state index is -5.11. The van der Waals surface area contributed by atoms with E-state index in [0.717, 1.165) is 25.0 Å². The maximum absolute atomic E-state index is 12.1. The summed E-state index contributed by atoms with van der Waals surface area (Å²) in [5.74, 6) is 1.14. The van der Waals surface area contributed by atoms with E-state index < -0.39 is 51.2 Å². The highest BCUT2D eigenvalue weighted by molar-refractivity contribution is 8.00. The lowest BCUT2D eigenvalue weighted by Gasteiger charge is -2.41. The van der Waals surface area contributed by atoms with Gasteiger partial charge in [-0.25, -0.2) is 9.36 Å². The predicted octanol–water partition coefficient (Wildman–Crippen LogP) is -0.838. The number of amides is 2. The van der Waals surface area contributed by atoms with Crippen LogP contribution in [0.5, 0.6) is 0 Å². The fourth-order valence-electron chi connectivity index (χ4n) is 5.96. The number of ketones is 2. The number of fused-ring (bicyclic) bond motifs is 1. The average Bonchev–Trinajstić information content (AvgIpc) is 3.66. The van der Waals surface area contributed by atoms with Crippen molar-refractivity contribution >= 4 is 37.2 Å². The Kier molecular flexibility index (Phi) is 21.8. The lowest BCUT2D eigenvalue weighted by atomic mass is 9.96. The molecule has 0 saturated carbocycles. The van der Waals surface area contributed by atoms with E-state index in [1.165, 1.54) is 0 Å². The van der Waals surface area contributed by atoms with Crippen molar-refractivity contribution in [3.8, 4) is 0 Å². The number of carbonyl (C=O) groups is 3. The molecule has 3 aliphatic rings. The summed E-state index contributed by atoms with van der Waals surface area (Å²) in [6, 6.07) is 0.367. The molecule has 53 heavy (non-hydrogen) atoms. The van der Waals surface area contributed by atoms with Crippen molar-refractivity contribution in [1.29, 1.82) is 0 Å². The van der Waals surface area contributed by atoms with E-state index >= 15 is 0 Å². The number of nitrogens with one attached hydrogen (secondary N) is 2. The number of thioether (sulfide) groups is 1. The van der Waals surface area contributed by atoms with Crippen LogP contribution in [0.3, 0.4) is 0 Å². The van der Waals surface area contributed by atoms with Crippen molar-refractivity contribution in [3.05, 3.63) is 0 Å². The Morgan fingerprint density at radius 1 is 0.755 bits per heavy atom.